The summed E-state index contributed by atoms with van der Waals surface area (Å²) in [5, 5.41) is 9.35. The van der Waals surface area contributed by atoms with Crippen LogP contribution >= 0.6 is 15.9 Å². The number of para-hydroxylation sites is 2. The predicted molar refractivity (Wildman–Crippen MR) is 82.9 cm³/mol. The number of halogens is 1. The zero-order valence-electron chi connectivity index (χ0n) is 11.5. The Labute approximate surface area is 131 Å². The average molecular weight is 351 g/mol. The molecule has 2 aromatic carbocycles. The second-order valence-electron chi connectivity index (χ2n) is 4.43. The van der Waals surface area contributed by atoms with Crippen LogP contribution in [0.4, 0.5) is 0 Å². The van der Waals surface area contributed by atoms with Crippen LogP contribution in [0.25, 0.3) is 0 Å². The molecule has 0 aliphatic carbocycles. The molecule has 0 saturated heterocycles. The van der Waals surface area contributed by atoms with E-state index >= 15 is 0 Å². The largest absolute Gasteiger partial charge is 0.493 e. The maximum Gasteiger partial charge on any atom is 0.345 e. The molecule has 1 atom stereocenters. The quantitative estimate of drug-likeness (QED) is 0.865. The fraction of sp³-hybridized carbons (Fsp3) is 0.188. The molecular weight excluding hydrogens is 336 g/mol. The number of ether oxygens (including phenoxy) is 2. The molecule has 4 nitrogen and oxygen atoms in total. The van der Waals surface area contributed by atoms with Gasteiger partial charge in [0.05, 0.1) is 7.11 Å². The Kier molecular flexibility index (Phi) is 5.22. The smallest absolute Gasteiger partial charge is 0.345 e. The van der Waals surface area contributed by atoms with E-state index < -0.39 is 12.1 Å². The molecule has 21 heavy (non-hydrogen) atoms. The van der Waals surface area contributed by atoms with Crippen molar-refractivity contribution >= 4 is 21.9 Å². The summed E-state index contributed by atoms with van der Waals surface area (Å²) in [7, 11) is 1.52. The first-order valence-electron chi connectivity index (χ1n) is 6.37. The van der Waals surface area contributed by atoms with Crippen molar-refractivity contribution in [2.24, 2.45) is 0 Å². The summed E-state index contributed by atoms with van der Waals surface area (Å²) in [6, 6.07) is 14.5. The van der Waals surface area contributed by atoms with Gasteiger partial charge in [0.2, 0.25) is 0 Å². The fourth-order valence-electron chi connectivity index (χ4n) is 1.93. The fourth-order valence-corrected chi connectivity index (χ4v) is 2.37. The standard InChI is InChI=1S/C16H15BrO4/c1-20-13-7-2-3-8-14(13)21-15(16(18)19)10-11-5-4-6-12(17)9-11/h2-9,15H,10H2,1H3,(H,18,19). The minimum atomic E-state index is -1.01. The van der Waals surface area contributed by atoms with Crippen LogP contribution in [0.5, 0.6) is 11.5 Å². The van der Waals surface area contributed by atoms with Gasteiger partial charge >= 0.3 is 5.97 Å². The molecule has 2 rings (SSSR count). The lowest BCUT2D eigenvalue weighted by molar-refractivity contribution is -0.145. The predicted octanol–water partition coefficient (Wildman–Crippen LogP) is 3.53. The van der Waals surface area contributed by atoms with Gasteiger partial charge in [-0.05, 0) is 29.8 Å². The number of hydrogen-bond acceptors (Lipinski definition) is 3. The third-order valence-corrected chi connectivity index (χ3v) is 3.42. The average Bonchev–Trinajstić information content (AvgIpc) is 2.47. The van der Waals surface area contributed by atoms with Crippen molar-refractivity contribution in [2.75, 3.05) is 7.11 Å². The van der Waals surface area contributed by atoms with Gasteiger partial charge in [0.15, 0.2) is 17.6 Å². The molecular formula is C16H15BrO4. The first-order valence-corrected chi connectivity index (χ1v) is 7.16. The summed E-state index contributed by atoms with van der Waals surface area (Å²) in [5.41, 5.74) is 0.881. The van der Waals surface area contributed by atoms with Gasteiger partial charge in [0.25, 0.3) is 0 Å². The molecule has 0 aliphatic rings. The van der Waals surface area contributed by atoms with Gasteiger partial charge in [0.1, 0.15) is 0 Å². The van der Waals surface area contributed by atoms with Crippen molar-refractivity contribution in [3.8, 4) is 11.5 Å². The van der Waals surface area contributed by atoms with E-state index in [2.05, 4.69) is 15.9 Å². The van der Waals surface area contributed by atoms with Crippen LogP contribution in [0.2, 0.25) is 0 Å². The summed E-state index contributed by atoms with van der Waals surface area (Å²) in [4.78, 5) is 11.4. The molecule has 110 valence electrons. The van der Waals surface area contributed by atoms with E-state index in [1.165, 1.54) is 7.11 Å². The van der Waals surface area contributed by atoms with E-state index in [1.807, 2.05) is 24.3 Å². The van der Waals surface area contributed by atoms with Crippen molar-refractivity contribution in [3.63, 3.8) is 0 Å². The molecule has 5 heteroatoms. The molecule has 0 bridgehead atoms. The summed E-state index contributed by atoms with van der Waals surface area (Å²) < 4.78 is 11.7. The van der Waals surface area contributed by atoms with E-state index in [9.17, 15) is 9.90 Å². The van der Waals surface area contributed by atoms with Gasteiger partial charge in [-0.25, -0.2) is 4.79 Å². The number of carboxylic acid groups (broad SMARTS) is 1. The highest BCUT2D eigenvalue weighted by atomic mass is 79.9. The number of aliphatic carboxylic acids is 1. The van der Waals surface area contributed by atoms with E-state index in [1.54, 1.807) is 24.3 Å². The van der Waals surface area contributed by atoms with E-state index in [0.717, 1.165) is 10.0 Å². The molecule has 1 unspecified atom stereocenters. The van der Waals surface area contributed by atoms with Crippen LogP contribution < -0.4 is 9.47 Å². The molecule has 0 saturated carbocycles. The summed E-state index contributed by atoms with van der Waals surface area (Å²) in [6.07, 6.45) is -0.706. The zero-order valence-corrected chi connectivity index (χ0v) is 13.0. The molecule has 0 aromatic heterocycles. The Morgan fingerprint density at radius 3 is 2.52 bits per heavy atom. The molecule has 0 aliphatic heterocycles. The zero-order chi connectivity index (χ0) is 15.2. The number of rotatable bonds is 6. The SMILES string of the molecule is COc1ccccc1OC(Cc1cccc(Br)c1)C(=O)O. The van der Waals surface area contributed by atoms with Gasteiger partial charge in [-0.1, -0.05) is 40.2 Å². The van der Waals surface area contributed by atoms with Gasteiger partial charge < -0.3 is 14.6 Å². The highest BCUT2D eigenvalue weighted by Crippen LogP contribution is 2.27. The Balaban J connectivity index is 2.18. The third kappa shape index (κ3) is 4.23. The van der Waals surface area contributed by atoms with Crippen molar-refractivity contribution in [1.29, 1.82) is 0 Å². The molecule has 0 fully saturated rings. The minimum Gasteiger partial charge on any atom is -0.493 e. The van der Waals surface area contributed by atoms with Gasteiger partial charge in [0, 0.05) is 10.9 Å². The second-order valence-corrected chi connectivity index (χ2v) is 5.35. The Morgan fingerprint density at radius 1 is 1.19 bits per heavy atom. The normalized spacial score (nSPS) is 11.7. The molecule has 0 amide bonds. The van der Waals surface area contributed by atoms with Gasteiger partial charge in [-0.15, -0.1) is 0 Å². The topological polar surface area (TPSA) is 55.8 Å². The van der Waals surface area contributed by atoms with Crippen LogP contribution in [0, 0.1) is 0 Å². The lowest BCUT2D eigenvalue weighted by atomic mass is 10.1. The maximum absolute atomic E-state index is 11.4. The van der Waals surface area contributed by atoms with Gasteiger partial charge in [-0.3, -0.25) is 0 Å². The lowest BCUT2D eigenvalue weighted by Gasteiger charge is -2.17. The molecule has 0 heterocycles. The molecule has 2 aromatic rings. The van der Waals surface area contributed by atoms with E-state index in [4.69, 9.17) is 9.47 Å². The molecule has 1 N–H and O–H groups in total. The number of carbonyl (C=O) groups is 1. The van der Waals surface area contributed by atoms with Crippen LogP contribution in [-0.2, 0) is 11.2 Å². The van der Waals surface area contributed by atoms with Crippen LogP contribution in [0.3, 0.4) is 0 Å². The highest BCUT2D eigenvalue weighted by molar-refractivity contribution is 9.10. The second kappa shape index (κ2) is 7.13. The molecule has 0 radical (unpaired) electrons. The summed E-state index contributed by atoms with van der Waals surface area (Å²) in [6.45, 7) is 0. The first-order chi connectivity index (χ1) is 10.1. The summed E-state index contributed by atoms with van der Waals surface area (Å²) >= 11 is 3.37. The van der Waals surface area contributed by atoms with Crippen LogP contribution in [-0.4, -0.2) is 24.3 Å². The number of benzene rings is 2. The van der Waals surface area contributed by atoms with E-state index in [-0.39, 0.29) is 6.42 Å². The maximum atomic E-state index is 11.4. The first kappa shape index (κ1) is 15.4. The van der Waals surface area contributed by atoms with Crippen molar-refractivity contribution in [1.82, 2.24) is 0 Å². The highest BCUT2D eigenvalue weighted by Gasteiger charge is 2.21. The van der Waals surface area contributed by atoms with Crippen LogP contribution in [0.15, 0.2) is 53.0 Å². The minimum absolute atomic E-state index is 0.271. The van der Waals surface area contributed by atoms with Crippen molar-refractivity contribution in [2.45, 2.75) is 12.5 Å². The number of methoxy groups -OCH3 is 1. The number of hydrogen-bond donors (Lipinski definition) is 1. The third-order valence-electron chi connectivity index (χ3n) is 2.92. The Bertz CT molecular complexity index is 627. The Morgan fingerprint density at radius 2 is 1.90 bits per heavy atom. The van der Waals surface area contributed by atoms with Gasteiger partial charge in [-0.2, -0.15) is 0 Å². The van der Waals surface area contributed by atoms with Crippen molar-refractivity contribution < 1.29 is 19.4 Å². The van der Waals surface area contributed by atoms with Crippen molar-refractivity contribution in [3.05, 3.63) is 58.6 Å². The summed E-state index contributed by atoms with van der Waals surface area (Å²) in [5.74, 6) is -0.0822. The molecule has 0 spiro atoms. The van der Waals surface area contributed by atoms with E-state index in [0.29, 0.717) is 11.5 Å². The lowest BCUT2D eigenvalue weighted by Crippen LogP contribution is -2.29. The van der Waals surface area contributed by atoms with Crippen LogP contribution in [0.1, 0.15) is 5.56 Å². The Hall–Kier alpha value is -2.01. The monoisotopic (exact) mass is 350 g/mol. The number of carboxylic acids is 1.